The number of guanidine groups is 4. The summed E-state index contributed by atoms with van der Waals surface area (Å²) in [6.07, 6.45) is -2.65. The van der Waals surface area contributed by atoms with Crippen LogP contribution in [0.3, 0.4) is 0 Å². The number of carbonyl (C=O) groups excluding carboxylic acids is 15. The molecule has 0 spiro atoms. The lowest BCUT2D eigenvalue weighted by Gasteiger charge is -2.28. The summed E-state index contributed by atoms with van der Waals surface area (Å²) in [5.74, 6) is -24.0. The predicted molar refractivity (Wildman–Crippen MR) is 444 cm³/mol. The standard InChI is InChI=1S/C69H122N30O23.C2H4O2/c1-30(2)20-40(91-51(107)32(5)70)56(112)94-43(23-48(71)104)59(115)89-38(14-10-18-83-68(76)77)55(111)99-50(34(7)103)64(120)98-47(28-102)63(119)97-46(27-101)62(118)95-44(24-49(105)106)60(116)96-45(26-100)61(117)86-33(6)52(108)92-41(21-31(3)4)57(113)93-42(22-35-25-80-29-85-35)58(114)88-36(12-8-16-81-66(72)73)53(109)87-37(13-9-17-82-67(74)75)54(110)90-39(65(121)122)15-11-19-84-69(78)79;1-2(3)4/h25,29-34,36-47,50,100-103H,8-24,26-28,70H2,1-7H3,(H2,71,104)(H,80,85)(H,86,117)(H,87,109)(H,88,114)(H,89,115)(H,90,110)(H,91,107)(H,92,108)(H,93,113)(H,94,112)(H,95,118)(H,96,116)(H,97,119)(H,98,120)(H,99,111)(H,105,106)(H,121,122)(H4,72,73,81)(H4,74,75,82)(H4,76,77,83)(H4,78,79,84);1H3,(H,3,4)/t32-,33-,34+,36-,37-,38-,39-,40-,41-,42-,43-,44-,45-,46-,47-,50-;/m0./s1. The van der Waals surface area contributed by atoms with E-state index >= 15 is 0 Å². The lowest BCUT2D eigenvalue weighted by molar-refractivity contribution is -0.142. The van der Waals surface area contributed by atoms with Gasteiger partial charge in [-0.15, -0.1) is 0 Å². The van der Waals surface area contributed by atoms with Crippen molar-refractivity contribution in [2.24, 2.45) is 46.2 Å². The summed E-state index contributed by atoms with van der Waals surface area (Å²) in [6, 6.07) is -25.9. The van der Waals surface area contributed by atoms with Gasteiger partial charge in [0.25, 0.3) is 5.97 Å². The predicted octanol–water partition coefficient (Wildman–Crippen LogP) is -13.9. The van der Waals surface area contributed by atoms with Crippen LogP contribution in [0, 0.1) is 33.5 Å². The average molecular weight is 1800 g/mol. The Kier molecular flexibility index (Phi) is 53.0. The molecular formula is C71H126N30O25. The van der Waals surface area contributed by atoms with Crippen LogP contribution in [-0.2, 0) is 92.7 Å². The Labute approximate surface area is 723 Å². The van der Waals surface area contributed by atoms with Crippen molar-refractivity contribution in [3.05, 3.63) is 18.2 Å². The first-order valence-electron chi connectivity index (χ1n) is 39.6. The zero-order valence-electron chi connectivity index (χ0n) is 71.1. The van der Waals surface area contributed by atoms with Crippen LogP contribution >= 0.6 is 0 Å². The van der Waals surface area contributed by atoms with E-state index in [1.165, 1.54) is 19.4 Å². The molecule has 0 saturated heterocycles. The van der Waals surface area contributed by atoms with Gasteiger partial charge in [0.05, 0.1) is 56.8 Å². The molecule has 0 radical (unpaired) electrons. The average Bonchev–Trinajstić information content (AvgIpc) is 1.02. The van der Waals surface area contributed by atoms with Crippen LogP contribution in [-0.4, -0.2) is 319 Å². The molecule has 0 unspecified atom stereocenters. The summed E-state index contributed by atoms with van der Waals surface area (Å²) in [5, 5.41) is 141. The molecule has 42 N–H and O–H groups in total. The van der Waals surface area contributed by atoms with Crippen molar-refractivity contribution < 1.29 is 122 Å². The number of aliphatic hydroxyl groups excluding tert-OH is 4. The quantitative estimate of drug-likeness (QED) is 0.0164. The van der Waals surface area contributed by atoms with Gasteiger partial charge in [0.15, 0.2) is 23.8 Å². The lowest BCUT2D eigenvalue weighted by Crippen LogP contribution is -2.63. The van der Waals surface area contributed by atoms with Gasteiger partial charge in [-0.3, -0.25) is 103 Å². The number of nitrogens with zero attached hydrogens (tertiary/aromatic N) is 1. The van der Waals surface area contributed by atoms with Crippen LogP contribution in [0.25, 0.3) is 0 Å². The minimum absolute atomic E-state index is 0.0184. The van der Waals surface area contributed by atoms with Crippen LogP contribution in [0.5, 0.6) is 0 Å². The highest BCUT2D eigenvalue weighted by Gasteiger charge is 2.40. The van der Waals surface area contributed by atoms with Crippen LogP contribution in [0.1, 0.15) is 138 Å². The highest BCUT2D eigenvalue weighted by Crippen LogP contribution is 2.13. The summed E-state index contributed by atoms with van der Waals surface area (Å²) in [5.41, 5.74) is 32.9. The Morgan fingerprint density at radius 1 is 0.381 bits per heavy atom. The number of H-pyrrole nitrogens is 1. The molecule has 1 aromatic rings. The fourth-order valence-corrected chi connectivity index (χ4v) is 11.1. The summed E-state index contributed by atoms with van der Waals surface area (Å²) < 4.78 is 0. The molecule has 0 aliphatic heterocycles. The third-order valence-electron chi connectivity index (χ3n) is 17.5. The van der Waals surface area contributed by atoms with E-state index in [1.807, 2.05) is 21.3 Å². The van der Waals surface area contributed by atoms with E-state index in [1.54, 1.807) is 27.7 Å². The molecule has 55 heteroatoms. The monoisotopic (exact) mass is 1800 g/mol. The first kappa shape index (κ1) is 113. The number of aromatic nitrogens is 2. The van der Waals surface area contributed by atoms with Crippen LogP contribution in [0.2, 0.25) is 0 Å². The minimum atomic E-state index is -2.22. The summed E-state index contributed by atoms with van der Waals surface area (Å²) in [6.45, 7) is 7.29. The number of imidazole rings is 1. The molecule has 0 saturated carbocycles. The number of aromatic amines is 1. The van der Waals surface area contributed by atoms with E-state index in [9.17, 15) is 112 Å². The van der Waals surface area contributed by atoms with Crippen molar-refractivity contribution in [2.75, 3.05) is 46.0 Å². The van der Waals surface area contributed by atoms with E-state index in [-0.39, 0.29) is 114 Å². The molecule has 16 atom stereocenters. The smallest absolute Gasteiger partial charge is 0.326 e. The van der Waals surface area contributed by atoms with E-state index in [0.717, 1.165) is 20.8 Å². The normalized spacial score (nSPS) is 14.7. The number of hydrogen-bond acceptors (Lipinski definition) is 28. The second-order valence-corrected chi connectivity index (χ2v) is 29.6. The number of nitrogens with one attached hydrogen (secondary N) is 23. The lowest BCUT2D eigenvalue weighted by atomic mass is 10.0. The van der Waals surface area contributed by atoms with Crippen molar-refractivity contribution in [3.63, 3.8) is 0 Å². The van der Waals surface area contributed by atoms with Gasteiger partial charge in [0.2, 0.25) is 88.6 Å². The third-order valence-corrected chi connectivity index (χ3v) is 17.5. The first-order valence-corrected chi connectivity index (χ1v) is 39.6. The SMILES string of the molecule is CC(=O)O.CC(C)C[C@H](NC(=O)[C@H](C)N)C(=O)N[C@@H](CC(N)=O)C(=O)N[C@@H](CCCNC(=N)N)C(=O)N[C@H](C(=O)N[C@@H](CO)C(=O)N[C@@H](CO)C(=O)N[C@@H](CC(=O)O)C(=O)N[C@@H](CO)C(=O)N[C@@H](C)C(=O)N[C@@H](CC(C)C)C(=O)N[C@@H](Cc1c[nH]cn1)C(=O)N[C@@H](CCCNC(=N)N)C(=O)N[C@@H](CCCNC(=N)N)C(=O)N[C@@H](CCCNC(=N)N)C(=O)O)[C@@H](C)O. The van der Waals surface area contributed by atoms with Gasteiger partial charge in [-0.25, -0.2) is 9.78 Å². The first-order chi connectivity index (χ1) is 58.9. The molecule has 1 aromatic heterocycles. The summed E-state index contributed by atoms with van der Waals surface area (Å²) >= 11 is 0. The molecule has 15 amide bonds. The second kappa shape index (κ2) is 59.4. The van der Waals surface area contributed by atoms with Crippen molar-refractivity contribution in [1.82, 2.24) is 106 Å². The fourth-order valence-electron chi connectivity index (χ4n) is 11.1. The number of carboxylic acids is 3. The molecule has 126 heavy (non-hydrogen) atoms. The zero-order chi connectivity index (χ0) is 96.4. The van der Waals surface area contributed by atoms with Gasteiger partial charge in [0.1, 0.15) is 84.6 Å². The Morgan fingerprint density at radius 2 is 0.667 bits per heavy atom. The Morgan fingerprint density at radius 3 is 0.992 bits per heavy atom. The van der Waals surface area contributed by atoms with Gasteiger partial charge in [-0.2, -0.15) is 0 Å². The Balaban J connectivity index is 0.0000382. The fraction of sp³-hybridized carbons (Fsp3) is 0.648. The maximum Gasteiger partial charge on any atom is 0.326 e. The number of hydrogen-bond donors (Lipinski definition) is 36. The maximum absolute atomic E-state index is 14.6. The minimum Gasteiger partial charge on any atom is -0.481 e. The molecule has 1 rings (SSSR count). The molecular weight excluding hydrogens is 1670 g/mol. The van der Waals surface area contributed by atoms with Gasteiger partial charge in [-0.05, 0) is 96.8 Å². The number of amides is 15. The molecule has 55 nitrogen and oxygen atoms in total. The summed E-state index contributed by atoms with van der Waals surface area (Å²) in [7, 11) is 0. The molecule has 0 aliphatic carbocycles. The second-order valence-electron chi connectivity index (χ2n) is 29.6. The number of primary amides is 1. The van der Waals surface area contributed by atoms with Crippen molar-refractivity contribution in [3.8, 4) is 0 Å². The summed E-state index contributed by atoms with van der Waals surface area (Å²) in [4.78, 5) is 246. The van der Waals surface area contributed by atoms with Crippen molar-refractivity contribution >= 4 is 130 Å². The van der Waals surface area contributed by atoms with E-state index in [0.29, 0.717) is 0 Å². The van der Waals surface area contributed by atoms with Crippen LogP contribution in [0.4, 0.5) is 0 Å². The number of nitrogens with two attached hydrogens (primary N) is 6. The maximum atomic E-state index is 14.6. The highest BCUT2D eigenvalue weighted by molar-refractivity contribution is 6.02. The molecule has 0 fully saturated rings. The van der Waals surface area contributed by atoms with Crippen LogP contribution in [0.15, 0.2) is 12.5 Å². The number of aliphatic hydroxyl groups is 4. The third kappa shape index (κ3) is 47.3. The Bertz CT molecular complexity index is 3850. The van der Waals surface area contributed by atoms with Crippen LogP contribution < -0.4 is 130 Å². The van der Waals surface area contributed by atoms with E-state index in [4.69, 9.17) is 65.9 Å². The number of rotatable bonds is 59. The van der Waals surface area contributed by atoms with Gasteiger partial charge < -0.3 is 171 Å². The van der Waals surface area contributed by atoms with Crippen molar-refractivity contribution in [2.45, 2.75) is 236 Å². The van der Waals surface area contributed by atoms with Gasteiger partial charge in [0, 0.05) is 45.7 Å². The van der Waals surface area contributed by atoms with Gasteiger partial charge in [-0.1, -0.05) is 27.7 Å². The largest absolute Gasteiger partial charge is 0.481 e. The van der Waals surface area contributed by atoms with E-state index in [2.05, 4.69) is 84.4 Å². The Hall–Kier alpha value is -13.4. The number of aliphatic carboxylic acids is 3. The molecule has 1 heterocycles. The highest BCUT2D eigenvalue weighted by atomic mass is 16.4. The zero-order valence-corrected chi connectivity index (χ0v) is 71.1. The van der Waals surface area contributed by atoms with Crippen molar-refractivity contribution in [1.29, 1.82) is 21.6 Å². The topological polar surface area (TPSA) is 946 Å². The number of carbonyl (C=O) groups is 18. The van der Waals surface area contributed by atoms with E-state index < -0.39 is 260 Å². The van der Waals surface area contributed by atoms with Gasteiger partial charge >= 0.3 is 11.9 Å². The molecule has 710 valence electrons. The molecule has 0 aliphatic rings. The molecule has 0 aromatic carbocycles. The number of carboxylic acid groups (broad SMARTS) is 3. The molecule has 0 bridgehead atoms.